The van der Waals surface area contributed by atoms with Gasteiger partial charge in [-0.25, -0.2) is 0 Å². The minimum absolute atomic E-state index is 0.636. The van der Waals surface area contributed by atoms with Crippen LogP contribution in [-0.4, -0.2) is 38.9 Å². The SMILES string of the molecule is C=C(C)COCCNC1CCCNC1. The Kier molecular flexibility index (Phi) is 5.83. The normalized spacial score (nSPS) is 22.2. The number of hydrogen-bond donors (Lipinski definition) is 2. The molecule has 1 fully saturated rings. The summed E-state index contributed by atoms with van der Waals surface area (Å²) in [5.41, 5.74) is 1.09. The van der Waals surface area contributed by atoms with Gasteiger partial charge in [-0.1, -0.05) is 12.2 Å². The van der Waals surface area contributed by atoms with Crippen LogP contribution < -0.4 is 10.6 Å². The van der Waals surface area contributed by atoms with Crippen LogP contribution in [0.1, 0.15) is 19.8 Å². The van der Waals surface area contributed by atoms with E-state index in [0.717, 1.165) is 25.3 Å². The molecule has 1 saturated heterocycles. The lowest BCUT2D eigenvalue weighted by Gasteiger charge is -2.23. The molecule has 0 aliphatic carbocycles. The number of rotatable bonds is 6. The van der Waals surface area contributed by atoms with Crippen LogP contribution in [-0.2, 0) is 4.74 Å². The second-order valence-electron chi connectivity index (χ2n) is 4.01. The molecule has 0 radical (unpaired) electrons. The summed E-state index contributed by atoms with van der Waals surface area (Å²) in [7, 11) is 0. The molecule has 0 amide bonds. The third-order valence-corrected chi connectivity index (χ3v) is 2.32. The summed E-state index contributed by atoms with van der Waals surface area (Å²) in [5.74, 6) is 0. The highest BCUT2D eigenvalue weighted by molar-refractivity contribution is 4.87. The lowest BCUT2D eigenvalue weighted by atomic mass is 10.1. The van der Waals surface area contributed by atoms with E-state index in [1.807, 2.05) is 6.92 Å². The van der Waals surface area contributed by atoms with E-state index < -0.39 is 0 Å². The summed E-state index contributed by atoms with van der Waals surface area (Å²) < 4.78 is 5.40. The Morgan fingerprint density at radius 2 is 2.50 bits per heavy atom. The largest absolute Gasteiger partial charge is 0.376 e. The molecule has 3 heteroatoms. The van der Waals surface area contributed by atoms with Gasteiger partial charge in [0, 0.05) is 19.1 Å². The molecule has 0 aromatic carbocycles. The maximum Gasteiger partial charge on any atom is 0.0672 e. The number of ether oxygens (including phenoxy) is 1. The van der Waals surface area contributed by atoms with Gasteiger partial charge >= 0.3 is 0 Å². The first-order valence-electron chi connectivity index (χ1n) is 5.45. The Morgan fingerprint density at radius 3 is 3.14 bits per heavy atom. The molecular weight excluding hydrogens is 176 g/mol. The van der Waals surface area contributed by atoms with E-state index in [4.69, 9.17) is 4.74 Å². The summed E-state index contributed by atoms with van der Waals surface area (Å²) in [5, 5.41) is 6.85. The van der Waals surface area contributed by atoms with Crippen LogP contribution in [0.3, 0.4) is 0 Å². The molecule has 1 heterocycles. The number of nitrogens with one attached hydrogen (secondary N) is 2. The van der Waals surface area contributed by atoms with Crippen LogP contribution in [0, 0.1) is 0 Å². The molecule has 1 atom stereocenters. The van der Waals surface area contributed by atoms with Gasteiger partial charge in [0.05, 0.1) is 13.2 Å². The standard InChI is InChI=1S/C11H22N2O/c1-10(2)9-14-7-6-13-11-4-3-5-12-8-11/h11-13H,1,3-9H2,2H3. The summed E-state index contributed by atoms with van der Waals surface area (Å²) in [4.78, 5) is 0. The maximum absolute atomic E-state index is 5.40. The second-order valence-corrected chi connectivity index (χ2v) is 4.01. The van der Waals surface area contributed by atoms with Gasteiger partial charge in [0.15, 0.2) is 0 Å². The van der Waals surface area contributed by atoms with Crippen LogP contribution in [0.4, 0.5) is 0 Å². The van der Waals surface area contributed by atoms with E-state index in [0.29, 0.717) is 12.6 Å². The third kappa shape index (κ3) is 5.37. The van der Waals surface area contributed by atoms with Crippen molar-refractivity contribution in [1.29, 1.82) is 0 Å². The quantitative estimate of drug-likeness (QED) is 0.492. The van der Waals surface area contributed by atoms with Crippen molar-refractivity contribution in [1.82, 2.24) is 10.6 Å². The number of piperidine rings is 1. The van der Waals surface area contributed by atoms with E-state index in [-0.39, 0.29) is 0 Å². The third-order valence-electron chi connectivity index (χ3n) is 2.32. The lowest BCUT2D eigenvalue weighted by Crippen LogP contribution is -2.44. The van der Waals surface area contributed by atoms with Gasteiger partial charge < -0.3 is 15.4 Å². The van der Waals surface area contributed by atoms with Crippen molar-refractivity contribution in [3.63, 3.8) is 0 Å². The van der Waals surface area contributed by atoms with Crippen LogP contribution in [0.15, 0.2) is 12.2 Å². The fourth-order valence-electron chi connectivity index (χ4n) is 1.61. The van der Waals surface area contributed by atoms with Gasteiger partial charge in [0.25, 0.3) is 0 Å². The Balaban J connectivity index is 1.90. The summed E-state index contributed by atoms with van der Waals surface area (Å²) >= 11 is 0. The Hall–Kier alpha value is -0.380. The van der Waals surface area contributed by atoms with Gasteiger partial charge in [-0.2, -0.15) is 0 Å². The Morgan fingerprint density at radius 1 is 1.64 bits per heavy atom. The molecule has 1 unspecified atom stereocenters. The zero-order valence-corrected chi connectivity index (χ0v) is 9.14. The van der Waals surface area contributed by atoms with E-state index in [1.165, 1.54) is 19.4 Å². The van der Waals surface area contributed by atoms with Gasteiger partial charge in [0.1, 0.15) is 0 Å². The fraction of sp³-hybridized carbons (Fsp3) is 0.818. The minimum Gasteiger partial charge on any atom is -0.376 e. The van der Waals surface area contributed by atoms with Crippen LogP contribution in [0.5, 0.6) is 0 Å². The van der Waals surface area contributed by atoms with Crippen molar-refractivity contribution in [2.24, 2.45) is 0 Å². The van der Waals surface area contributed by atoms with Crippen molar-refractivity contribution < 1.29 is 4.74 Å². The monoisotopic (exact) mass is 198 g/mol. The minimum atomic E-state index is 0.636. The Bertz CT molecular complexity index is 165. The first kappa shape index (κ1) is 11.7. The van der Waals surface area contributed by atoms with Crippen LogP contribution in [0.25, 0.3) is 0 Å². The average molecular weight is 198 g/mol. The molecule has 2 N–H and O–H groups in total. The van der Waals surface area contributed by atoms with Crippen molar-refractivity contribution in [3.8, 4) is 0 Å². The van der Waals surface area contributed by atoms with E-state index in [2.05, 4.69) is 17.2 Å². The Labute approximate surface area is 86.9 Å². The topological polar surface area (TPSA) is 33.3 Å². The fourth-order valence-corrected chi connectivity index (χ4v) is 1.61. The zero-order chi connectivity index (χ0) is 10.2. The molecule has 3 nitrogen and oxygen atoms in total. The second kappa shape index (κ2) is 6.98. The highest BCUT2D eigenvalue weighted by Crippen LogP contribution is 2.00. The van der Waals surface area contributed by atoms with Gasteiger partial charge in [-0.15, -0.1) is 0 Å². The highest BCUT2D eigenvalue weighted by Gasteiger charge is 2.10. The maximum atomic E-state index is 5.40. The van der Waals surface area contributed by atoms with Crippen molar-refractivity contribution >= 4 is 0 Å². The molecular formula is C11H22N2O. The molecule has 1 aliphatic heterocycles. The van der Waals surface area contributed by atoms with Gasteiger partial charge in [0.2, 0.25) is 0 Å². The van der Waals surface area contributed by atoms with Crippen LogP contribution in [0.2, 0.25) is 0 Å². The zero-order valence-electron chi connectivity index (χ0n) is 9.14. The first-order chi connectivity index (χ1) is 6.79. The molecule has 0 saturated carbocycles. The molecule has 1 aliphatic rings. The van der Waals surface area contributed by atoms with E-state index >= 15 is 0 Å². The summed E-state index contributed by atoms with van der Waals surface area (Å²) in [6.07, 6.45) is 2.57. The van der Waals surface area contributed by atoms with Crippen molar-refractivity contribution in [2.45, 2.75) is 25.8 Å². The van der Waals surface area contributed by atoms with E-state index in [1.54, 1.807) is 0 Å². The summed E-state index contributed by atoms with van der Waals surface area (Å²) in [6, 6.07) is 0.636. The molecule has 0 spiro atoms. The van der Waals surface area contributed by atoms with Crippen molar-refractivity contribution in [2.75, 3.05) is 32.8 Å². The predicted octanol–water partition coefficient (Wildman–Crippen LogP) is 0.921. The molecule has 0 bridgehead atoms. The smallest absolute Gasteiger partial charge is 0.0672 e. The van der Waals surface area contributed by atoms with Gasteiger partial charge in [-0.05, 0) is 26.3 Å². The highest BCUT2D eigenvalue weighted by atomic mass is 16.5. The number of hydrogen-bond acceptors (Lipinski definition) is 3. The van der Waals surface area contributed by atoms with Crippen molar-refractivity contribution in [3.05, 3.63) is 12.2 Å². The predicted molar refractivity (Wildman–Crippen MR) is 59.5 cm³/mol. The van der Waals surface area contributed by atoms with E-state index in [9.17, 15) is 0 Å². The average Bonchev–Trinajstić information content (AvgIpc) is 2.18. The molecule has 1 rings (SSSR count). The molecule has 0 aromatic rings. The first-order valence-corrected chi connectivity index (χ1v) is 5.45. The lowest BCUT2D eigenvalue weighted by molar-refractivity contribution is 0.154. The molecule has 82 valence electrons. The molecule has 14 heavy (non-hydrogen) atoms. The summed E-state index contributed by atoms with van der Waals surface area (Å²) in [6.45, 7) is 10.5. The van der Waals surface area contributed by atoms with Gasteiger partial charge in [-0.3, -0.25) is 0 Å². The van der Waals surface area contributed by atoms with Crippen LogP contribution >= 0.6 is 0 Å². The molecule has 0 aromatic heterocycles.